The van der Waals surface area contributed by atoms with Crippen molar-refractivity contribution >= 4 is 22.2 Å². The molecule has 0 spiro atoms. The van der Waals surface area contributed by atoms with Crippen LogP contribution in [0.1, 0.15) is 25.5 Å². The van der Waals surface area contributed by atoms with E-state index in [0.29, 0.717) is 13.0 Å². The highest BCUT2D eigenvalue weighted by Crippen LogP contribution is 2.20. The summed E-state index contributed by atoms with van der Waals surface area (Å²) in [6.07, 6.45) is 5.84. The topological polar surface area (TPSA) is 57.8 Å². The van der Waals surface area contributed by atoms with Gasteiger partial charge in [0.05, 0.1) is 18.2 Å². The number of aliphatic hydroxyl groups is 1. The normalized spacial score (nSPS) is 21.3. The molecule has 3 heterocycles. The molecule has 2 aromatic heterocycles. The van der Waals surface area contributed by atoms with Gasteiger partial charge in [0, 0.05) is 36.8 Å². The van der Waals surface area contributed by atoms with Crippen molar-refractivity contribution in [1.82, 2.24) is 14.3 Å². The first kappa shape index (κ1) is 13.6. The number of thiazole rings is 1. The number of piperidine rings is 1. The number of rotatable bonds is 3. The molecular weight excluding hydrogens is 274 g/mol. The van der Waals surface area contributed by atoms with Gasteiger partial charge in [0.25, 0.3) is 0 Å². The Bertz CT molecular complexity index is 576. The fourth-order valence-corrected chi connectivity index (χ4v) is 3.48. The summed E-state index contributed by atoms with van der Waals surface area (Å²) in [7, 11) is 0. The van der Waals surface area contributed by atoms with Crippen molar-refractivity contribution in [3.8, 4) is 0 Å². The Labute approximate surface area is 121 Å². The van der Waals surface area contributed by atoms with Crippen molar-refractivity contribution in [2.24, 2.45) is 5.92 Å². The largest absolute Gasteiger partial charge is 0.393 e. The molecule has 0 radical (unpaired) electrons. The number of likely N-dealkylation sites (tertiary alicyclic amines) is 1. The number of hydrogen-bond donors (Lipinski definition) is 1. The first-order chi connectivity index (χ1) is 9.63. The van der Waals surface area contributed by atoms with Crippen LogP contribution < -0.4 is 0 Å². The number of carbonyl (C=O) groups excluding carboxylic acids is 1. The molecule has 1 fully saturated rings. The first-order valence-electron chi connectivity index (χ1n) is 7.00. The molecule has 1 saturated heterocycles. The average molecular weight is 293 g/mol. The Morgan fingerprint density at radius 3 is 3.25 bits per heavy atom. The van der Waals surface area contributed by atoms with E-state index in [1.165, 1.54) is 0 Å². The molecule has 0 bridgehead atoms. The zero-order chi connectivity index (χ0) is 14.1. The minimum atomic E-state index is -0.344. The van der Waals surface area contributed by atoms with Crippen LogP contribution in [0.3, 0.4) is 0 Å². The van der Waals surface area contributed by atoms with Crippen LogP contribution in [0.5, 0.6) is 0 Å². The number of hydrogen-bond acceptors (Lipinski definition) is 4. The van der Waals surface area contributed by atoms with E-state index in [1.807, 2.05) is 34.0 Å². The summed E-state index contributed by atoms with van der Waals surface area (Å²) in [5.74, 6) is 0.319. The third kappa shape index (κ3) is 2.71. The standard InChI is InChI=1S/C14H19N3O2S/c1-10(18)11-3-2-4-16(8-11)13(19)7-12-9-17-5-6-20-14(17)15-12/h5-6,9-11,18H,2-4,7-8H2,1H3. The van der Waals surface area contributed by atoms with Crippen LogP contribution in [0.25, 0.3) is 4.96 Å². The highest BCUT2D eigenvalue weighted by molar-refractivity contribution is 7.15. The fourth-order valence-electron chi connectivity index (χ4n) is 2.76. The van der Waals surface area contributed by atoms with E-state index >= 15 is 0 Å². The maximum absolute atomic E-state index is 12.3. The Kier molecular flexibility index (Phi) is 3.76. The van der Waals surface area contributed by atoms with Gasteiger partial charge in [0.15, 0.2) is 4.96 Å². The lowest BCUT2D eigenvalue weighted by molar-refractivity contribution is -0.133. The summed E-state index contributed by atoms with van der Waals surface area (Å²) in [4.78, 5) is 19.6. The van der Waals surface area contributed by atoms with Crippen molar-refractivity contribution in [2.45, 2.75) is 32.3 Å². The molecule has 1 N–H and O–H groups in total. The molecule has 3 rings (SSSR count). The summed E-state index contributed by atoms with van der Waals surface area (Å²) in [6.45, 7) is 3.27. The van der Waals surface area contributed by atoms with Crippen LogP contribution in [-0.4, -0.2) is 44.5 Å². The van der Waals surface area contributed by atoms with Gasteiger partial charge >= 0.3 is 0 Å². The van der Waals surface area contributed by atoms with Crippen molar-refractivity contribution in [2.75, 3.05) is 13.1 Å². The summed E-state index contributed by atoms with van der Waals surface area (Å²) >= 11 is 1.57. The van der Waals surface area contributed by atoms with Gasteiger partial charge in [0.1, 0.15) is 0 Å². The minimum absolute atomic E-state index is 0.112. The molecule has 20 heavy (non-hydrogen) atoms. The lowest BCUT2D eigenvalue weighted by Gasteiger charge is -2.34. The Hall–Kier alpha value is -1.40. The monoisotopic (exact) mass is 293 g/mol. The first-order valence-corrected chi connectivity index (χ1v) is 7.88. The lowest BCUT2D eigenvalue weighted by Crippen LogP contribution is -2.43. The molecule has 1 aliphatic rings. The Morgan fingerprint density at radius 1 is 1.65 bits per heavy atom. The zero-order valence-electron chi connectivity index (χ0n) is 11.5. The average Bonchev–Trinajstić information content (AvgIpc) is 2.99. The zero-order valence-corrected chi connectivity index (χ0v) is 12.3. The van der Waals surface area contributed by atoms with E-state index in [-0.39, 0.29) is 17.9 Å². The van der Waals surface area contributed by atoms with Crippen molar-refractivity contribution in [3.05, 3.63) is 23.5 Å². The number of fused-ring (bicyclic) bond motifs is 1. The molecule has 5 nitrogen and oxygen atoms in total. The minimum Gasteiger partial charge on any atom is -0.393 e. The summed E-state index contributed by atoms with van der Waals surface area (Å²) in [5, 5.41) is 11.7. The molecule has 1 aliphatic heterocycles. The number of aromatic nitrogens is 2. The van der Waals surface area contributed by atoms with Crippen LogP contribution in [0.2, 0.25) is 0 Å². The Morgan fingerprint density at radius 2 is 2.50 bits per heavy atom. The summed E-state index contributed by atoms with van der Waals surface area (Å²) < 4.78 is 1.95. The third-order valence-electron chi connectivity index (χ3n) is 3.97. The smallest absolute Gasteiger partial charge is 0.228 e. The molecule has 2 unspecified atom stereocenters. The van der Waals surface area contributed by atoms with E-state index in [1.54, 1.807) is 11.3 Å². The summed E-state index contributed by atoms with van der Waals surface area (Å²) in [6, 6.07) is 0. The molecule has 0 aromatic carbocycles. The number of carbonyl (C=O) groups is 1. The van der Waals surface area contributed by atoms with E-state index in [2.05, 4.69) is 4.98 Å². The molecule has 108 valence electrons. The van der Waals surface area contributed by atoms with Crippen LogP contribution in [0.4, 0.5) is 0 Å². The van der Waals surface area contributed by atoms with Gasteiger partial charge in [-0.3, -0.25) is 9.20 Å². The SMILES string of the molecule is CC(O)C1CCCN(C(=O)Cc2cn3ccsc3n2)C1. The second kappa shape index (κ2) is 5.54. The van der Waals surface area contributed by atoms with Crippen molar-refractivity contribution in [1.29, 1.82) is 0 Å². The molecule has 2 atom stereocenters. The van der Waals surface area contributed by atoms with Crippen LogP contribution >= 0.6 is 11.3 Å². The maximum atomic E-state index is 12.3. The van der Waals surface area contributed by atoms with Gasteiger partial charge in [-0.25, -0.2) is 4.98 Å². The van der Waals surface area contributed by atoms with Gasteiger partial charge in [0.2, 0.25) is 5.91 Å². The maximum Gasteiger partial charge on any atom is 0.228 e. The quantitative estimate of drug-likeness (QED) is 0.934. The second-order valence-corrected chi connectivity index (χ2v) is 6.36. The van der Waals surface area contributed by atoms with Crippen molar-refractivity contribution < 1.29 is 9.90 Å². The predicted molar refractivity (Wildman–Crippen MR) is 77.8 cm³/mol. The van der Waals surface area contributed by atoms with Crippen LogP contribution in [0, 0.1) is 5.92 Å². The van der Waals surface area contributed by atoms with E-state index in [9.17, 15) is 9.90 Å². The fraction of sp³-hybridized carbons (Fsp3) is 0.571. The van der Waals surface area contributed by atoms with Gasteiger partial charge < -0.3 is 10.0 Å². The Balaban J connectivity index is 1.65. The van der Waals surface area contributed by atoms with E-state index < -0.39 is 0 Å². The number of aliphatic hydroxyl groups excluding tert-OH is 1. The van der Waals surface area contributed by atoms with Crippen LogP contribution in [-0.2, 0) is 11.2 Å². The third-order valence-corrected chi connectivity index (χ3v) is 4.74. The molecule has 2 aromatic rings. The van der Waals surface area contributed by atoms with E-state index in [4.69, 9.17) is 0 Å². The summed E-state index contributed by atoms with van der Waals surface area (Å²) in [5.41, 5.74) is 0.820. The van der Waals surface area contributed by atoms with E-state index in [0.717, 1.165) is 30.0 Å². The lowest BCUT2D eigenvalue weighted by atomic mass is 9.93. The number of amides is 1. The van der Waals surface area contributed by atoms with Gasteiger partial charge in [-0.15, -0.1) is 11.3 Å². The van der Waals surface area contributed by atoms with Crippen molar-refractivity contribution in [3.63, 3.8) is 0 Å². The predicted octanol–water partition coefficient (Wildman–Crippen LogP) is 1.56. The molecule has 0 saturated carbocycles. The molecule has 6 heteroatoms. The highest BCUT2D eigenvalue weighted by atomic mass is 32.1. The molecular formula is C14H19N3O2S. The highest BCUT2D eigenvalue weighted by Gasteiger charge is 2.26. The van der Waals surface area contributed by atoms with Gasteiger partial charge in [-0.1, -0.05) is 0 Å². The number of nitrogens with zero attached hydrogens (tertiary/aromatic N) is 3. The van der Waals surface area contributed by atoms with Gasteiger partial charge in [-0.05, 0) is 19.8 Å². The van der Waals surface area contributed by atoms with Gasteiger partial charge in [-0.2, -0.15) is 0 Å². The molecule has 1 amide bonds. The van der Waals surface area contributed by atoms with Crippen LogP contribution in [0.15, 0.2) is 17.8 Å². The molecule has 0 aliphatic carbocycles. The number of imidazole rings is 1. The second-order valence-electron chi connectivity index (χ2n) is 5.48.